The van der Waals surface area contributed by atoms with Crippen LogP contribution in [0, 0.1) is 0 Å². The van der Waals surface area contributed by atoms with Crippen molar-refractivity contribution in [3.8, 4) is 11.1 Å². The van der Waals surface area contributed by atoms with Crippen molar-refractivity contribution in [2.75, 3.05) is 63.8 Å². The molecule has 19 heteroatoms. The molecule has 5 aliphatic rings. The van der Waals surface area contributed by atoms with Crippen LogP contribution < -0.4 is 15.9 Å². The third-order valence-electron chi connectivity index (χ3n) is 14.7. The minimum absolute atomic E-state index is 0.0104. The van der Waals surface area contributed by atoms with E-state index in [1.807, 2.05) is 34.1 Å². The molecule has 5 aromatic rings. The minimum Gasteiger partial charge on any atom is -0.343 e. The van der Waals surface area contributed by atoms with Gasteiger partial charge in [-0.15, -0.1) is 0 Å². The van der Waals surface area contributed by atoms with Crippen LogP contribution in [-0.4, -0.2) is 131 Å². The number of alkyl halides is 2. The van der Waals surface area contributed by atoms with Gasteiger partial charge in [0.2, 0.25) is 23.6 Å². The average molecular weight is 921 g/mol. The van der Waals surface area contributed by atoms with Crippen LogP contribution in [0.1, 0.15) is 91.9 Å². The van der Waals surface area contributed by atoms with E-state index in [1.54, 1.807) is 48.7 Å². The Morgan fingerprint density at radius 3 is 2.36 bits per heavy atom. The zero-order valence-corrected chi connectivity index (χ0v) is 38.4. The molecule has 8 heterocycles. The van der Waals surface area contributed by atoms with Gasteiger partial charge in [0, 0.05) is 140 Å². The predicted octanol–water partition coefficient (Wildman–Crippen LogP) is 4.21. The van der Waals surface area contributed by atoms with Gasteiger partial charge in [-0.05, 0) is 73.1 Å². The predicted molar refractivity (Wildman–Crippen MR) is 246 cm³/mol. The number of halogens is 2. The van der Waals surface area contributed by atoms with Crippen LogP contribution in [0.5, 0.6) is 0 Å². The number of rotatable bonds is 10. The quantitative estimate of drug-likeness (QED) is 0.201. The van der Waals surface area contributed by atoms with E-state index < -0.39 is 18.4 Å². The third-order valence-corrected chi connectivity index (χ3v) is 14.7. The van der Waals surface area contributed by atoms with Crippen LogP contribution in [-0.2, 0) is 59.2 Å². The van der Waals surface area contributed by atoms with Gasteiger partial charge in [-0.1, -0.05) is 6.07 Å². The van der Waals surface area contributed by atoms with Crippen molar-refractivity contribution in [3.05, 3.63) is 81.2 Å². The number of hydrogen-bond donors (Lipinski definition) is 1. The van der Waals surface area contributed by atoms with E-state index in [1.165, 1.54) is 4.57 Å². The SMILES string of the molecule is CC(=O)N1CCc2c(c(N3CCCc4cc(-c5cnn(C)c5)c(C(F)F)cc43)nn2C2CCN(C(=O)CCN3CCN(Cc4ccc5c(c4)n(C)c(=O)n5C4CCC(=O)NC4=O)CC3)CC2)C1. The van der Waals surface area contributed by atoms with Crippen LogP contribution >= 0.6 is 0 Å². The molecule has 17 nitrogen and oxygen atoms in total. The number of anilines is 2. The molecule has 0 bridgehead atoms. The van der Waals surface area contributed by atoms with Gasteiger partial charge in [0.05, 0.1) is 29.8 Å². The maximum atomic E-state index is 14.7. The smallest absolute Gasteiger partial charge is 0.329 e. The van der Waals surface area contributed by atoms with Crippen LogP contribution in [0.25, 0.3) is 22.2 Å². The first-order valence-corrected chi connectivity index (χ1v) is 23.6. The fourth-order valence-corrected chi connectivity index (χ4v) is 11.0. The molecule has 10 rings (SSSR count). The molecule has 1 atom stereocenters. The number of likely N-dealkylation sites (tertiary alicyclic amines) is 1. The van der Waals surface area contributed by atoms with Crippen molar-refractivity contribution in [3.63, 3.8) is 0 Å². The Balaban J connectivity index is 0.761. The first kappa shape index (κ1) is 44.6. The Labute approximate surface area is 386 Å². The van der Waals surface area contributed by atoms with Gasteiger partial charge in [0.15, 0.2) is 5.82 Å². The lowest BCUT2D eigenvalue weighted by Crippen LogP contribution is -2.47. The van der Waals surface area contributed by atoms with E-state index in [4.69, 9.17) is 5.10 Å². The van der Waals surface area contributed by atoms with Crippen molar-refractivity contribution >= 4 is 46.2 Å². The summed E-state index contributed by atoms with van der Waals surface area (Å²) in [6.45, 7) is 9.20. The van der Waals surface area contributed by atoms with E-state index in [2.05, 4.69) is 29.8 Å². The molecule has 1 unspecified atom stereocenters. The number of piperazine rings is 1. The van der Waals surface area contributed by atoms with E-state index in [-0.39, 0.29) is 41.4 Å². The highest BCUT2D eigenvalue weighted by atomic mass is 19.3. The number of nitrogens with one attached hydrogen (secondary N) is 1. The normalized spacial score (nSPS) is 19.9. The molecule has 0 spiro atoms. The van der Waals surface area contributed by atoms with Gasteiger partial charge >= 0.3 is 5.69 Å². The second-order valence-corrected chi connectivity index (χ2v) is 18.9. The van der Waals surface area contributed by atoms with Crippen molar-refractivity contribution in [1.82, 2.24) is 53.6 Å². The highest BCUT2D eigenvalue weighted by molar-refractivity contribution is 6.00. The van der Waals surface area contributed by atoms with Gasteiger partial charge in [-0.3, -0.25) is 47.9 Å². The molecular weight excluding hydrogens is 863 g/mol. The average Bonchev–Trinajstić information content (AvgIpc) is 4.01. The zero-order chi connectivity index (χ0) is 46.7. The number of carbonyl (C=O) groups is 4. The topological polar surface area (TPSA) is 159 Å². The number of benzene rings is 2. The minimum atomic E-state index is -2.68. The standard InChI is InChI=1S/C48H58F2N12O5/c1-30(63)59-18-12-38-37(29-59)46(60-14-4-5-32-24-35(33-26-51-54(2)28-33)36(45(49)50)25-41(32)60)53-62(38)34-10-16-58(17-11-34)44(65)13-15-56-19-21-57(22-20-56)27-31-6-7-39-42(23-31)55(3)48(67)61(39)40-8-9-43(64)52-47(40)66/h6-7,23-26,28,34,40,45H,4-5,8-22,27,29H2,1-3H3,(H,52,64,66). The highest BCUT2D eigenvalue weighted by Gasteiger charge is 2.36. The summed E-state index contributed by atoms with van der Waals surface area (Å²) in [4.78, 5) is 74.5. The lowest BCUT2D eigenvalue weighted by Gasteiger charge is -2.36. The molecule has 67 heavy (non-hydrogen) atoms. The summed E-state index contributed by atoms with van der Waals surface area (Å²) >= 11 is 0. The molecule has 1 N–H and O–H groups in total. The fourth-order valence-electron chi connectivity index (χ4n) is 11.0. The van der Waals surface area contributed by atoms with Crippen molar-refractivity contribution in [2.24, 2.45) is 14.1 Å². The van der Waals surface area contributed by atoms with Crippen molar-refractivity contribution < 1.29 is 28.0 Å². The van der Waals surface area contributed by atoms with E-state index in [0.29, 0.717) is 81.7 Å². The number of hydrogen-bond acceptors (Lipinski definition) is 10. The first-order valence-electron chi connectivity index (χ1n) is 23.6. The summed E-state index contributed by atoms with van der Waals surface area (Å²) in [6, 6.07) is 8.77. The van der Waals surface area contributed by atoms with Crippen LogP contribution in [0.15, 0.2) is 47.5 Å². The summed E-state index contributed by atoms with van der Waals surface area (Å²) in [5, 5.41) is 11.9. The maximum Gasteiger partial charge on any atom is 0.329 e. The number of amides is 4. The molecule has 3 fully saturated rings. The van der Waals surface area contributed by atoms with Crippen LogP contribution in [0.3, 0.4) is 0 Å². The molecule has 2 aromatic carbocycles. The van der Waals surface area contributed by atoms with E-state index in [0.717, 1.165) is 91.3 Å². The molecule has 0 aliphatic carbocycles. The summed E-state index contributed by atoms with van der Waals surface area (Å²) in [6.07, 6.45) is 5.36. The monoisotopic (exact) mass is 920 g/mol. The Morgan fingerprint density at radius 1 is 0.866 bits per heavy atom. The number of piperidine rings is 2. The maximum absolute atomic E-state index is 14.7. The molecule has 3 saturated heterocycles. The fraction of sp³-hybridized carbons (Fsp3) is 0.521. The summed E-state index contributed by atoms with van der Waals surface area (Å²) in [5.41, 5.74) is 7.07. The first-order chi connectivity index (χ1) is 32.3. The van der Waals surface area contributed by atoms with Crippen molar-refractivity contribution in [2.45, 2.75) is 89.9 Å². The molecule has 354 valence electrons. The summed E-state index contributed by atoms with van der Waals surface area (Å²) < 4.78 is 36.3. The Bertz CT molecular complexity index is 2810. The number of aromatic nitrogens is 6. The van der Waals surface area contributed by atoms with E-state index in [9.17, 15) is 32.8 Å². The molecule has 4 amide bonds. The van der Waals surface area contributed by atoms with Gasteiger partial charge in [0.25, 0.3) is 6.43 Å². The summed E-state index contributed by atoms with van der Waals surface area (Å²) in [7, 11) is 3.48. The molecule has 3 aromatic heterocycles. The Kier molecular flexibility index (Phi) is 12.1. The Morgan fingerprint density at radius 2 is 1.64 bits per heavy atom. The van der Waals surface area contributed by atoms with Gasteiger partial charge in [-0.25, -0.2) is 13.6 Å². The van der Waals surface area contributed by atoms with Crippen LogP contribution in [0.2, 0.25) is 0 Å². The molecule has 0 saturated carbocycles. The number of aryl methyl sites for hydroxylation is 3. The lowest BCUT2D eigenvalue weighted by atomic mass is 9.92. The largest absolute Gasteiger partial charge is 0.343 e. The number of fused-ring (bicyclic) bond motifs is 3. The zero-order valence-electron chi connectivity index (χ0n) is 38.4. The highest BCUT2D eigenvalue weighted by Crippen LogP contribution is 2.44. The second kappa shape index (κ2) is 18.1. The van der Waals surface area contributed by atoms with Gasteiger partial charge in [0.1, 0.15) is 6.04 Å². The van der Waals surface area contributed by atoms with Crippen LogP contribution in [0.4, 0.5) is 20.3 Å². The molecular formula is C48H58F2N12O5. The number of nitrogens with zero attached hydrogens (tertiary/aromatic N) is 11. The van der Waals surface area contributed by atoms with Crippen molar-refractivity contribution in [1.29, 1.82) is 0 Å². The molecule has 0 radical (unpaired) electrons. The number of imidazole rings is 1. The second-order valence-electron chi connectivity index (χ2n) is 18.9. The summed E-state index contributed by atoms with van der Waals surface area (Å²) in [5.74, 6) is 0.0989. The molecule has 5 aliphatic heterocycles. The number of carbonyl (C=O) groups excluding carboxylic acids is 4. The van der Waals surface area contributed by atoms with Gasteiger partial charge < -0.3 is 19.6 Å². The Hall–Kier alpha value is -6.21. The third kappa shape index (κ3) is 8.55. The lowest BCUT2D eigenvalue weighted by molar-refractivity contribution is -0.136. The number of imide groups is 1. The van der Waals surface area contributed by atoms with E-state index >= 15 is 0 Å². The van der Waals surface area contributed by atoms with Gasteiger partial charge in [-0.2, -0.15) is 10.2 Å².